The van der Waals surface area contributed by atoms with Crippen molar-refractivity contribution in [2.75, 3.05) is 18.9 Å². The maximum atomic E-state index is 11.6. The summed E-state index contributed by atoms with van der Waals surface area (Å²) in [5.41, 5.74) is 0.264. The van der Waals surface area contributed by atoms with Crippen molar-refractivity contribution in [2.24, 2.45) is 0 Å². The Morgan fingerprint density at radius 1 is 1.56 bits per heavy atom. The molecule has 0 heterocycles. The molecule has 0 spiro atoms. The van der Waals surface area contributed by atoms with Crippen molar-refractivity contribution in [3.8, 4) is 12.3 Å². The van der Waals surface area contributed by atoms with Gasteiger partial charge in [-0.1, -0.05) is 17.5 Å². The lowest BCUT2D eigenvalue weighted by atomic mass is 10.2. The van der Waals surface area contributed by atoms with Gasteiger partial charge in [-0.3, -0.25) is 0 Å². The molecule has 1 aromatic carbocycles. The first kappa shape index (κ1) is 13.9. The number of aromatic carboxylic acids is 1. The van der Waals surface area contributed by atoms with Crippen LogP contribution in [-0.4, -0.2) is 35.6 Å². The molecule has 2 N–H and O–H groups in total. The topological polar surface area (TPSA) is 69.6 Å². The number of halogens is 1. The van der Waals surface area contributed by atoms with Crippen molar-refractivity contribution in [2.45, 2.75) is 0 Å². The summed E-state index contributed by atoms with van der Waals surface area (Å²) >= 11 is 5.71. The van der Waals surface area contributed by atoms with Crippen molar-refractivity contribution in [3.05, 3.63) is 28.8 Å². The van der Waals surface area contributed by atoms with Gasteiger partial charge in [-0.15, -0.1) is 6.42 Å². The van der Waals surface area contributed by atoms with Gasteiger partial charge in [0.1, 0.15) is 0 Å². The lowest BCUT2D eigenvalue weighted by molar-refractivity contribution is 0.0697. The second kappa shape index (κ2) is 5.94. The average Bonchev–Trinajstić information content (AvgIpc) is 2.31. The van der Waals surface area contributed by atoms with Gasteiger partial charge in [0.2, 0.25) is 0 Å². The fourth-order valence-corrected chi connectivity index (χ4v) is 1.39. The van der Waals surface area contributed by atoms with Crippen LogP contribution in [0.2, 0.25) is 5.02 Å². The number of terminal acetylenes is 1. The molecule has 0 saturated carbocycles. The van der Waals surface area contributed by atoms with Crippen molar-refractivity contribution in [3.63, 3.8) is 0 Å². The molecule has 0 radical (unpaired) electrons. The quantitative estimate of drug-likeness (QED) is 0.824. The van der Waals surface area contributed by atoms with Gasteiger partial charge in [-0.05, 0) is 18.2 Å². The maximum absolute atomic E-state index is 11.6. The first-order chi connectivity index (χ1) is 8.45. The normalized spacial score (nSPS) is 9.39. The number of hydrogen-bond acceptors (Lipinski definition) is 2. The molecular formula is C12H11ClN2O3. The molecule has 6 heteroatoms. The third kappa shape index (κ3) is 3.40. The van der Waals surface area contributed by atoms with Crippen molar-refractivity contribution >= 4 is 29.3 Å². The number of rotatable bonds is 3. The van der Waals surface area contributed by atoms with Gasteiger partial charge in [-0.2, -0.15) is 0 Å². The van der Waals surface area contributed by atoms with E-state index in [9.17, 15) is 9.59 Å². The average molecular weight is 267 g/mol. The van der Waals surface area contributed by atoms with Crippen LogP contribution in [0.25, 0.3) is 0 Å². The third-order valence-electron chi connectivity index (χ3n) is 2.12. The van der Waals surface area contributed by atoms with Crippen LogP contribution in [0.4, 0.5) is 10.5 Å². The maximum Gasteiger partial charge on any atom is 0.337 e. The highest BCUT2D eigenvalue weighted by atomic mass is 35.5. The standard InChI is InChI=1S/C12H11ClN2O3/c1-3-6-15(2)12(18)14-8-4-5-10(13)9(7-8)11(16)17/h1,4-5,7H,6H2,2H3,(H,14,18)(H,16,17). The van der Waals surface area contributed by atoms with E-state index in [2.05, 4.69) is 11.2 Å². The van der Waals surface area contributed by atoms with E-state index in [1.807, 2.05) is 0 Å². The van der Waals surface area contributed by atoms with Crippen LogP contribution in [-0.2, 0) is 0 Å². The molecule has 1 rings (SSSR count). The molecule has 94 valence electrons. The number of amides is 2. The largest absolute Gasteiger partial charge is 0.478 e. The fourth-order valence-electron chi connectivity index (χ4n) is 1.19. The molecule has 0 unspecified atom stereocenters. The minimum absolute atomic E-state index is 0.0749. The molecule has 0 aliphatic heterocycles. The zero-order valence-electron chi connectivity index (χ0n) is 9.61. The van der Waals surface area contributed by atoms with E-state index in [1.165, 1.54) is 30.1 Å². The zero-order valence-corrected chi connectivity index (χ0v) is 10.4. The van der Waals surface area contributed by atoms with E-state index in [0.29, 0.717) is 5.69 Å². The van der Waals surface area contributed by atoms with E-state index >= 15 is 0 Å². The number of carbonyl (C=O) groups excluding carboxylic acids is 1. The molecule has 0 atom stereocenters. The molecule has 0 fully saturated rings. The van der Waals surface area contributed by atoms with Gasteiger partial charge in [0.05, 0.1) is 17.1 Å². The Morgan fingerprint density at radius 3 is 2.78 bits per heavy atom. The summed E-state index contributed by atoms with van der Waals surface area (Å²) < 4.78 is 0. The molecule has 0 aliphatic carbocycles. The monoisotopic (exact) mass is 266 g/mol. The molecule has 0 saturated heterocycles. The molecule has 2 amide bonds. The van der Waals surface area contributed by atoms with Gasteiger partial charge in [0.25, 0.3) is 0 Å². The van der Waals surface area contributed by atoms with E-state index in [0.717, 1.165) is 0 Å². The molecule has 0 aromatic heterocycles. The van der Waals surface area contributed by atoms with E-state index in [1.54, 1.807) is 0 Å². The Kier molecular flexibility index (Phi) is 4.58. The summed E-state index contributed by atoms with van der Waals surface area (Å²) in [5.74, 6) is 1.16. The molecule has 0 aliphatic rings. The number of anilines is 1. The predicted molar refractivity (Wildman–Crippen MR) is 68.9 cm³/mol. The van der Waals surface area contributed by atoms with Crippen LogP contribution < -0.4 is 5.32 Å². The van der Waals surface area contributed by atoms with E-state index < -0.39 is 12.0 Å². The minimum Gasteiger partial charge on any atom is -0.478 e. The first-order valence-corrected chi connectivity index (χ1v) is 5.32. The summed E-state index contributed by atoms with van der Waals surface area (Å²) in [6, 6.07) is 3.77. The van der Waals surface area contributed by atoms with Crippen molar-refractivity contribution < 1.29 is 14.7 Å². The molecule has 5 nitrogen and oxygen atoms in total. The number of nitrogens with one attached hydrogen (secondary N) is 1. The van der Waals surface area contributed by atoms with Gasteiger partial charge in [0, 0.05) is 12.7 Å². The Bertz CT molecular complexity index is 523. The second-order valence-corrected chi connectivity index (χ2v) is 3.90. The molecule has 0 bridgehead atoms. The Balaban J connectivity index is 2.86. The number of urea groups is 1. The van der Waals surface area contributed by atoms with Gasteiger partial charge in [-0.25, -0.2) is 9.59 Å². The predicted octanol–water partition coefficient (Wildman–Crippen LogP) is 2.14. The Morgan fingerprint density at radius 2 is 2.22 bits per heavy atom. The van der Waals surface area contributed by atoms with Crippen LogP contribution in [0.3, 0.4) is 0 Å². The smallest absolute Gasteiger partial charge is 0.337 e. The van der Waals surface area contributed by atoms with E-state index in [4.69, 9.17) is 23.1 Å². The van der Waals surface area contributed by atoms with Crippen molar-refractivity contribution in [1.29, 1.82) is 0 Å². The van der Waals surface area contributed by atoms with Crippen LogP contribution in [0, 0.1) is 12.3 Å². The number of hydrogen-bond donors (Lipinski definition) is 2. The van der Waals surface area contributed by atoms with Crippen LogP contribution in [0.5, 0.6) is 0 Å². The third-order valence-corrected chi connectivity index (χ3v) is 2.45. The van der Waals surface area contributed by atoms with Gasteiger partial charge in [0.15, 0.2) is 0 Å². The highest BCUT2D eigenvalue weighted by molar-refractivity contribution is 6.33. The number of benzene rings is 1. The molecular weight excluding hydrogens is 256 g/mol. The number of carbonyl (C=O) groups is 2. The number of nitrogens with zero attached hydrogens (tertiary/aromatic N) is 1. The first-order valence-electron chi connectivity index (χ1n) is 4.94. The Hall–Kier alpha value is -2.19. The SMILES string of the molecule is C#CCN(C)C(=O)Nc1ccc(Cl)c(C(=O)O)c1. The molecule has 1 aromatic rings. The minimum atomic E-state index is -1.16. The summed E-state index contributed by atoms with van der Waals surface area (Å²) in [7, 11) is 1.53. The van der Waals surface area contributed by atoms with Gasteiger partial charge < -0.3 is 15.3 Å². The lowest BCUT2D eigenvalue weighted by Crippen LogP contribution is -2.31. The highest BCUT2D eigenvalue weighted by Crippen LogP contribution is 2.20. The highest BCUT2D eigenvalue weighted by Gasteiger charge is 2.12. The van der Waals surface area contributed by atoms with E-state index in [-0.39, 0.29) is 17.1 Å². The summed E-state index contributed by atoms with van der Waals surface area (Å²) in [6.45, 7) is 0.158. The van der Waals surface area contributed by atoms with Gasteiger partial charge >= 0.3 is 12.0 Å². The molecule has 18 heavy (non-hydrogen) atoms. The number of carboxylic acids is 1. The number of carboxylic acid groups (broad SMARTS) is 1. The van der Waals surface area contributed by atoms with Crippen molar-refractivity contribution in [1.82, 2.24) is 4.90 Å². The lowest BCUT2D eigenvalue weighted by Gasteiger charge is -2.15. The summed E-state index contributed by atoms with van der Waals surface area (Å²) in [5, 5.41) is 11.5. The summed E-state index contributed by atoms with van der Waals surface area (Å²) in [6.07, 6.45) is 5.08. The van der Waals surface area contributed by atoms with Crippen LogP contribution in [0.1, 0.15) is 10.4 Å². The second-order valence-electron chi connectivity index (χ2n) is 3.49. The summed E-state index contributed by atoms with van der Waals surface area (Å²) in [4.78, 5) is 23.8. The van der Waals surface area contributed by atoms with Crippen LogP contribution >= 0.6 is 11.6 Å². The fraction of sp³-hybridized carbons (Fsp3) is 0.167. The Labute approximate surface area is 109 Å². The van der Waals surface area contributed by atoms with Crippen LogP contribution in [0.15, 0.2) is 18.2 Å². The zero-order chi connectivity index (χ0) is 13.7.